The summed E-state index contributed by atoms with van der Waals surface area (Å²) in [4.78, 5) is 17.5. The molecule has 0 fully saturated rings. The zero-order valence-electron chi connectivity index (χ0n) is 18.2. The first-order chi connectivity index (χ1) is 15.2. The van der Waals surface area contributed by atoms with Crippen molar-refractivity contribution in [3.8, 4) is 22.8 Å². The number of imidazole rings is 1. The van der Waals surface area contributed by atoms with Crippen LogP contribution >= 0.6 is 0 Å². The van der Waals surface area contributed by atoms with Gasteiger partial charge in [0.25, 0.3) is 5.91 Å². The molecule has 6 heteroatoms. The molecule has 0 saturated heterocycles. The van der Waals surface area contributed by atoms with E-state index in [-0.39, 0.29) is 5.91 Å². The quantitative estimate of drug-likeness (QED) is 0.502. The topological polar surface area (TPSA) is 65.4 Å². The van der Waals surface area contributed by atoms with Crippen molar-refractivity contribution in [1.29, 1.82) is 0 Å². The number of methoxy groups -OCH3 is 1. The van der Waals surface area contributed by atoms with Gasteiger partial charge in [0.15, 0.2) is 11.5 Å². The summed E-state index contributed by atoms with van der Waals surface area (Å²) >= 11 is 0. The van der Waals surface area contributed by atoms with E-state index >= 15 is 0 Å². The van der Waals surface area contributed by atoms with Crippen LogP contribution in [0.4, 0.5) is 5.69 Å². The summed E-state index contributed by atoms with van der Waals surface area (Å²) < 4.78 is 13.4. The van der Waals surface area contributed by atoms with Crippen molar-refractivity contribution in [2.75, 3.05) is 19.0 Å². The van der Waals surface area contributed by atoms with Crippen molar-refractivity contribution in [3.05, 3.63) is 60.0 Å². The zero-order chi connectivity index (χ0) is 21.6. The molecule has 0 aliphatic carbocycles. The van der Waals surface area contributed by atoms with E-state index in [0.717, 1.165) is 48.6 Å². The number of benzene rings is 2. The number of rotatable bonds is 8. The Balaban J connectivity index is 1.43. The number of unbranched alkanes of at least 4 members (excludes halogenated alkanes) is 1. The van der Waals surface area contributed by atoms with E-state index in [1.54, 1.807) is 25.3 Å². The van der Waals surface area contributed by atoms with Crippen molar-refractivity contribution in [2.45, 2.75) is 45.6 Å². The van der Waals surface area contributed by atoms with Crippen LogP contribution in [0.1, 0.15) is 48.8 Å². The van der Waals surface area contributed by atoms with Crippen LogP contribution < -0.4 is 14.8 Å². The second-order valence-corrected chi connectivity index (χ2v) is 7.79. The van der Waals surface area contributed by atoms with Gasteiger partial charge >= 0.3 is 0 Å². The molecule has 4 rings (SSSR count). The highest BCUT2D eigenvalue weighted by Gasteiger charge is 2.14. The summed E-state index contributed by atoms with van der Waals surface area (Å²) in [6, 6.07) is 13.1. The minimum absolute atomic E-state index is 0.191. The first-order valence-electron chi connectivity index (χ1n) is 11.0. The van der Waals surface area contributed by atoms with Crippen molar-refractivity contribution in [3.63, 3.8) is 0 Å². The zero-order valence-corrected chi connectivity index (χ0v) is 18.2. The van der Waals surface area contributed by atoms with Gasteiger partial charge in [-0.25, -0.2) is 4.98 Å². The summed E-state index contributed by atoms with van der Waals surface area (Å²) in [7, 11) is 1.58. The maximum atomic E-state index is 12.7. The normalized spacial score (nSPS) is 12.8. The van der Waals surface area contributed by atoms with Gasteiger partial charge in [-0.2, -0.15) is 0 Å². The molecule has 0 saturated carbocycles. The molecule has 1 aliphatic heterocycles. The molecule has 162 valence electrons. The molecule has 3 aromatic rings. The fourth-order valence-corrected chi connectivity index (χ4v) is 3.73. The van der Waals surface area contributed by atoms with E-state index in [1.807, 2.05) is 24.3 Å². The molecular formula is C25H29N3O3. The summed E-state index contributed by atoms with van der Waals surface area (Å²) in [6.07, 6.45) is 7.62. The molecule has 31 heavy (non-hydrogen) atoms. The minimum atomic E-state index is -0.191. The van der Waals surface area contributed by atoms with E-state index in [1.165, 1.54) is 12.8 Å². The molecule has 0 bridgehead atoms. The van der Waals surface area contributed by atoms with Crippen LogP contribution in [0.3, 0.4) is 0 Å². The maximum absolute atomic E-state index is 12.7. The molecular weight excluding hydrogens is 390 g/mol. The highest BCUT2D eigenvalue weighted by atomic mass is 16.5. The number of carbonyl (C=O) groups excluding carboxylic acids is 1. The summed E-state index contributed by atoms with van der Waals surface area (Å²) in [5, 5.41) is 2.95. The van der Waals surface area contributed by atoms with E-state index in [2.05, 4.69) is 23.0 Å². The smallest absolute Gasteiger partial charge is 0.255 e. The van der Waals surface area contributed by atoms with Crippen molar-refractivity contribution < 1.29 is 14.3 Å². The Morgan fingerprint density at radius 2 is 1.97 bits per heavy atom. The third-order valence-corrected chi connectivity index (χ3v) is 5.53. The van der Waals surface area contributed by atoms with Crippen molar-refractivity contribution in [1.82, 2.24) is 9.55 Å². The Labute approximate surface area is 183 Å². The van der Waals surface area contributed by atoms with E-state index in [4.69, 9.17) is 14.5 Å². The lowest BCUT2D eigenvalue weighted by molar-refractivity contribution is 0.102. The maximum Gasteiger partial charge on any atom is 0.255 e. The molecule has 1 amide bonds. The molecule has 0 spiro atoms. The fourth-order valence-electron chi connectivity index (χ4n) is 3.73. The number of nitrogens with one attached hydrogen (secondary N) is 1. The molecule has 2 heterocycles. The summed E-state index contributed by atoms with van der Waals surface area (Å²) in [5.41, 5.74) is 3.29. The van der Waals surface area contributed by atoms with Crippen LogP contribution in [0, 0.1) is 0 Å². The van der Waals surface area contributed by atoms with Crippen LogP contribution in [0.5, 0.6) is 11.5 Å². The second kappa shape index (κ2) is 9.69. The molecule has 0 radical (unpaired) electrons. The third-order valence-electron chi connectivity index (χ3n) is 5.53. The summed E-state index contributed by atoms with van der Waals surface area (Å²) in [5.74, 6) is 2.18. The number of aromatic nitrogens is 2. The Morgan fingerprint density at radius 1 is 1.13 bits per heavy atom. The Hall–Kier alpha value is -3.28. The van der Waals surface area contributed by atoms with Gasteiger partial charge < -0.3 is 19.4 Å². The number of hydrogen-bond donors (Lipinski definition) is 1. The van der Waals surface area contributed by atoms with Crippen LogP contribution in [0.2, 0.25) is 0 Å². The number of fused-ring (bicyclic) bond motifs is 1. The lowest BCUT2D eigenvalue weighted by Crippen LogP contribution is -2.12. The number of hydrogen-bond acceptors (Lipinski definition) is 4. The van der Waals surface area contributed by atoms with E-state index < -0.39 is 0 Å². The molecule has 1 N–H and O–H groups in total. The molecule has 2 aromatic carbocycles. The first kappa shape index (κ1) is 21.0. The minimum Gasteiger partial charge on any atom is -0.493 e. The third kappa shape index (κ3) is 4.90. The number of anilines is 1. The van der Waals surface area contributed by atoms with Gasteiger partial charge in [-0.1, -0.05) is 25.5 Å². The Bertz CT molecular complexity index is 1020. The standard InChI is InChI=1S/C25H29N3O3/c1-3-4-15-31-22-13-10-19(16-23(22)30-2)25(29)26-20-11-8-18(9-12-20)21-17-28-14-6-5-7-24(28)27-21/h8-13,16-17H,3-7,14-15H2,1-2H3,(H,26,29). The number of nitrogens with zero attached hydrogens (tertiary/aromatic N) is 2. The highest BCUT2D eigenvalue weighted by Crippen LogP contribution is 2.29. The van der Waals surface area contributed by atoms with Gasteiger partial charge in [0.2, 0.25) is 0 Å². The van der Waals surface area contributed by atoms with Gasteiger partial charge in [0, 0.05) is 36.0 Å². The van der Waals surface area contributed by atoms with Gasteiger partial charge in [-0.3, -0.25) is 4.79 Å². The van der Waals surface area contributed by atoms with Crippen molar-refractivity contribution in [2.24, 2.45) is 0 Å². The lowest BCUT2D eigenvalue weighted by atomic mass is 10.1. The van der Waals surface area contributed by atoms with Gasteiger partial charge in [0.05, 0.1) is 19.4 Å². The first-order valence-corrected chi connectivity index (χ1v) is 11.0. The van der Waals surface area contributed by atoms with Crippen LogP contribution in [0.25, 0.3) is 11.3 Å². The average Bonchev–Trinajstić information content (AvgIpc) is 3.24. The molecule has 1 aromatic heterocycles. The summed E-state index contributed by atoms with van der Waals surface area (Å²) in [6.45, 7) is 3.79. The number of amides is 1. The lowest BCUT2D eigenvalue weighted by Gasteiger charge is -2.12. The Morgan fingerprint density at radius 3 is 2.71 bits per heavy atom. The van der Waals surface area contributed by atoms with E-state index in [9.17, 15) is 4.79 Å². The van der Waals surface area contributed by atoms with Crippen molar-refractivity contribution >= 4 is 11.6 Å². The number of carbonyl (C=O) groups is 1. The Kier molecular flexibility index (Phi) is 6.55. The predicted octanol–water partition coefficient (Wildman–Crippen LogP) is 5.33. The number of ether oxygens (including phenoxy) is 2. The predicted molar refractivity (Wildman–Crippen MR) is 122 cm³/mol. The highest BCUT2D eigenvalue weighted by molar-refractivity contribution is 6.04. The van der Waals surface area contributed by atoms with Crippen LogP contribution in [0.15, 0.2) is 48.7 Å². The average molecular weight is 420 g/mol. The molecule has 1 aliphatic rings. The second-order valence-electron chi connectivity index (χ2n) is 7.79. The number of aryl methyl sites for hydroxylation is 2. The molecule has 6 nitrogen and oxygen atoms in total. The monoisotopic (exact) mass is 419 g/mol. The SMILES string of the molecule is CCCCOc1ccc(C(=O)Nc2ccc(-c3cn4c(n3)CCCC4)cc2)cc1OC. The van der Waals surface area contributed by atoms with E-state index in [0.29, 0.717) is 23.7 Å². The molecule has 0 atom stereocenters. The van der Waals surface area contributed by atoms with Crippen LogP contribution in [-0.4, -0.2) is 29.2 Å². The van der Waals surface area contributed by atoms with Gasteiger partial charge in [-0.05, 0) is 49.6 Å². The largest absolute Gasteiger partial charge is 0.493 e. The fraction of sp³-hybridized carbons (Fsp3) is 0.360. The van der Waals surface area contributed by atoms with Crippen LogP contribution in [-0.2, 0) is 13.0 Å². The van der Waals surface area contributed by atoms with Gasteiger partial charge in [-0.15, -0.1) is 0 Å². The van der Waals surface area contributed by atoms with Gasteiger partial charge in [0.1, 0.15) is 5.82 Å². The molecule has 0 unspecified atom stereocenters.